The summed E-state index contributed by atoms with van der Waals surface area (Å²) in [7, 11) is 0. The van der Waals surface area contributed by atoms with Crippen molar-refractivity contribution in [2.24, 2.45) is 0 Å². The molecule has 0 spiro atoms. The third kappa shape index (κ3) is 1.96. The molecule has 6 heteroatoms. The number of nitrogens with two attached hydrogens (primary N) is 1. The van der Waals surface area contributed by atoms with Crippen LogP contribution in [0.15, 0.2) is 18.5 Å². The van der Waals surface area contributed by atoms with Crippen LogP contribution >= 0.6 is 11.3 Å². The second-order valence-corrected chi connectivity index (χ2v) is 5.98. The number of imidazole rings is 1. The highest BCUT2D eigenvalue weighted by molar-refractivity contribution is 7.11. The van der Waals surface area contributed by atoms with Crippen LogP contribution in [0.25, 0.3) is 11.2 Å². The van der Waals surface area contributed by atoms with Crippen LogP contribution in [0.2, 0.25) is 0 Å². The number of aromatic nitrogens is 4. The van der Waals surface area contributed by atoms with Crippen molar-refractivity contribution in [3.8, 4) is 0 Å². The number of thiazole rings is 1. The molecule has 0 aliphatic rings. The Balaban J connectivity index is 2.13. The molecule has 3 aromatic heterocycles. The molecule has 0 radical (unpaired) electrons. The van der Waals surface area contributed by atoms with Crippen molar-refractivity contribution in [2.75, 3.05) is 5.73 Å². The standard InChI is InChI=1S/C14H17N5S/c1-4-10-7-17-13(20-10)9(3)19-12-11(18-14(19)15)8(2)5-6-16-12/h5-7,9H,4H2,1-3H3,(H2,15,18). The van der Waals surface area contributed by atoms with Gasteiger partial charge < -0.3 is 5.73 Å². The lowest BCUT2D eigenvalue weighted by Gasteiger charge is -2.12. The Morgan fingerprint density at radius 2 is 2.20 bits per heavy atom. The minimum atomic E-state index is 0.0413. The van der Waals surface area contributed by atoms with E-state index in [2.05, 4.69) is 28.8 Å². The monoisotopic (exact) mass is 287 g/mol. The number of nitrogen functional groups attached to an aromatic ring is 1. The van der Waals surface area contributed by atoms with E-state index in [1.165, 1.54) is 4.88 Å². The number of nitrogens with zero attached hydrogens (tertiary/aromatic N) is 4. The van der Waals surface area contributed by atoms with Crippen LogP contribution < -0.4 is 5.73 Å². The highest BCUT2D eigenvalue weighted by Gasteiger charge is 2.19. The van der Waals surface area contributed by atoms with Gasteiger partial charge in [-0.1, -0.05) is 6.92 Å². The van der Waals surface area contributed by atoms with Gasteiger partial charge in [-0.15, -0.1) is 11.3 Å². The van der Waals surface area contributed by atoms with Gasteiger partial charge in [-0.2, -0.15) is 0 Å². The molecule has 0 bridgehead atoms. The first kappa shape index (κ1) is 13.1. The minimum absolute atomic E-state index is 0.0413. The Morgan fingerprint density at radius 1 is 1.40 bits per heavy atom. The van der Waals surface area contributed by atoms with Gasteiger partial charge in [0.1, 0.15) is 10.5 Å². The Labute approximate surface area is 121 Å². The average molecular weight is 287 g/mol. The van der Waals surface area contributed by atoms with E-state index >= 15 is 0 Å². The van der Waals surface area contributed by atoms with E-state index in [-0.39, 0.29) is 6.04 Å². The van der Waals surface area contributed by atoms with Gasteiger partial charge in [-0.25, -0.2) is 15.0 Å². The largest absolute Gasteiger partial charge is 0.369 e. The zero-order chi connectivity index (χ0) is 14.3. The van der Waals surface area contributed by atoms with Crippen molar-refractivity contribution in [3.05, 3.63) is 33.9 Å². The molecule has 0 saturated heterocycles. The smallest absolute Gasteiger partial charge is 0.203 e. The number of hydrogen-bond donors (Lipinski definition) is 1. The van der Waals surface area contributed by atoms with Gasteiger partial charge in [0, 0.05) is 17.3 Å². The summed E-state index contributed by atoms with van der Waals surface area (Å²) in [6.45, 7) is 6.23. The first-order valence-corrected chi connectivity index (χ1v) is 7.47. The number of aryl methyl sites for hydroxylation is 2. The van der Waals surface area contributed by atoms with Crippen LogP contribution in [-0.2, 0) is 6.42 Å². The van der Waals surface area contributed by atoms with Crippen molar-refractivity contribution >= 4 is 28.4 Å². The van der Waals surface area contributed by atoms with Gasteiger partial charge >= 0.3 is 0 Å². The van der Waals surface area contributed by atoms with E-state index in [9.17, 15) is 0 Å². The molecule has 0 aliphatic heterocycles. The second kappa shape index (κ2) is 4.86. The maximum Gasteiger partial charge on any atom is 0.203 e. The van der Waals surface area contributed by atoms with Crippen LogP contribution in [0.3, 0.4) is 0 Å². The van der Waals surface area contributed by atoms with Crippen molar-refractivity contribution in [1.29, 1.82) is 0 Å². The molecule has 3 heterocycles. The fraction of sp³-hybridized carbons (Fsp3) is 0.357. The van der Waals surface area contributed by atoms with Gasteiger partial charge in [0.2, 0.25) is 5.95 Å². The molecular weight excluding hydrogens is 270 g/mol. The quantitative estimate of drug-likeness (QED) is 0.804. The molecule has 0 fully saturated rings. The first-order chi connectivity index (χ1) is 9.61. The summed E-state index contributed by atoms with van der Waals surface area (Å²) in [5.74, 6) is 0.488. The zero-order valence-corrected chi connectivity index (χ0v) is 12.6. The van der Waals surface area contributed by atoms with Crippen molar-refractivity contribution < 1.29 is 0 Å². The maximum atomic E-state index is 6.09. The summed E-state index contributed by atoms with van der Waals surface area (Å²) >= 11 is 1.72. The van der Waals surface area contributed by atoms with Gasteiger partial charge in [0.05, 0.1) is 6.04 Å². The molecule has 0 amide bonds. The number of anilines is 1. The van der Waals surface area contributed by atoms with E-state index in [4.69, 9.17) is 5.73 Å². The molecule has 5 nitrogen and oxygen atoms in total. The maximum absolute atomic E-state index is 6.09. The lowest BCUT2D eigenvalue weighted by molar-refractivity contribution is 0.657. The molecule has 20 heavy (non-hydrogen) atoms. The van der Waals surface area contributed by atoms with Crippen molar-refractivity contribution in [2.45, 2.75) is 33.2 Å². The summed E-state index contributed by atoms with van der Waals surface area (Å²) in [5, 5.41) is 1.04. The van der Waals surface area contributed by atoms with Gasteiger partial charge in [-0.3, -0.25) is 4.57 Å². The molecule has 3 aromatic rings. The van der Waals surface area contributed by atoms with E-state index in [0.717, 1.165) is 28.2 Å². The summed E-state index contributed by atoms with van der Waals surface area (Å²) in [5.41, 5.74) is 8.86. The Hall–Kier alpha value is -1.95. The topological polar surface area (TPSA) is 69.6 Å². The van der Waals surface area contributed by atoms with Crippen molar-refractivity contribution in [1.82, 2.24) is 19.5 Å². The minimum Gasteiger partial charge on any atom is -0.369 e. The summed E-state index contributed by atoms with van der Waals surface area (Å²) in [6, 6.07) is 1.99. The Kier molecular flexibility index (Phi) is 3.17. The Morgan fingerprint density at radius 3 is 2.90 bits per heavy atom. The van der Waals surface area contributed by atoms with Crippen molar-refractivity contribution in [3.63, 3.8) is 0 Å². The average Bonchev–Trinajstić information content (AvgIpc) is 3.03. The number of pyridine rings is 1. The highest BCUT2D eigenvalue weighted by atomic mass is 32.1. The fourth-order valence-electron chi connectivity index (χ4n) is 2.30. The highest BCUT2D eigenvalue weighted by Crippen LogP contribution is 2.29. The predicted molar refractivity (Wildman–Crippen MR) is 82.0 cm³/mol. The molecule has 0 aliphatic carbocycles. The third-order valence-electron chi connectivity index (χ3n) is 3.47. The van der Waals surface area contributed by atoms with Gasteiger partial charge in [0.15, 0.2) is 5.65 Å². The van der Waals surface area contributed by atoms with E-state index in [1.807, 2.05) is 23.8 Å². The zero-order valence-electron chi connectivity index (χ0n) is 11.8. The van der Waals surface area contributed by atoms with Gasteiger partial charge in [0.25, 0.3) is 0 Å². The third-order valence-corrected chi connectivity index (χ3v) is 4.78. The molecule has 3 rings (SSSR count). The lowest BCUT2D eigenvalue weighted by atomic mass is 10.2. The fourth-order valence-corrected chi connectivity index (χ4v) is 3.20. The molecule has 0 aromatic carbocycles. The number of rotatable bonds is 3. The van der Waals surface area contributed by atoms with Crippen LogP contribution in [0.4, 0.5) is 5.95 Å². The molecule has 1 unspecified atom stereocenters. The summed E-state index contributed by atoms with van der Waals surface area (Å²) in [6.07, 6.45) is 4.73. The second-order valence-electron chi connectivity index (χ2n) is 4.83. The summed E-state index contributed by atoms with van der Waals surface area (Å²) in [4.78, 5) is 14.7. The molecule has 104 valence electrons. The Bertz CT molecular complexity index is 758. The van der Waals surface area contributed by atoms with Gasteiger partial charge in [-0.05, 0) is 31.9 Å². The van der Waals surface area contributed by atoms with E-state index in [1.54, 1.807) is 17.5 Å². The van der Waals surface area contributed by atoms with E-state index in [0.29, 0.717) is 5.95 Å². The molecule has 2 N–H and O–H groups in total. The first-order valence-electron chi connectivity index (χ1n) is 6.65. The number of fused-ring (bicyclic) bond motifs is 1. The molecular formula is C14H17N5S. The SMILES string of the molecule is CCc1cnc(C(C)n2c(N)nc3c(C)ccnc32)s1. The van der Waals surface area contributed by atoms with Crippen LogP contribution in [0.1, 0.15) is 35.3 Å². The van der Waals surface area contributed by atoms with Crippen LogP contribution in [-0.4, -0.2) is 19.5 Å². The lowest BCUT2D eigenvalue weighted by Crippen LogP contribution is -2.10. The summed E-state index contributed by atoms with van der Waals surface area (Å²) < 4.78 is 1.96. The molecule has 1 atom stereocenters. The molecule has 0 saturated carbocycles. The predicted octanol–water partition coefficient (Wildman–Crippen LogP) is 2.95. The van der Waals surface area contributed by atoms with Crippen LogP contribution in [0, 0.1) is 6.92 Å². The normalized spacial score (nSPS) is 12.9. The van der Waals surface area contributed by atoms with E-state index < -0.39 is 0 Å². The van der Waals surface area contributed by atoms with Crippen LogP contribution in [0.5, 0.6) is 0 Å². The number of hydrogen-bond acceptors (Lipinski definition) is 5.